The average Bonchev–Trinajstić information content (AvgIpc) is 2.73. The van der Waals surface area contributed by atoms with Gasteiger partial charge in [-0.2, -0.15) is 5.26 Å². The van der Waals surface area contributed by atoms with E-state index in [1.54, 1.807) is 14.2 Å². The molecule has 2 aromatic carbocycles. The van der Waals surface area contributed by atoms with Crippen LogP contribution < -0.4 is 9.47 Å². The number of rotatable bonds is 9. The summed E-state index contributed by atoms with van der Waals surface area (Å²) in [4.78, 5) is 11.4. The van der Waals surface area contributed by atoms with E-state index in [4.69, 9.17) is 14.2 Å². The normalized spacial score (nSPS) is 11.5. The average molecular weight is 367 g/mol. The van der Waals surface area contributed by atoms with Crippen molar-refractivity contribution in [3.8, 4) is 17.6 Å². The smallest absolute Gasteiger partial charge is 0.305 e. The standard InChI is InChI=1S/C22H25NO4/c1-25-19-11-7-16(8-12-19)22(17-9-13-20(26-2)14-10-17)18(15-23)5-4-6-21(24)27-3/h7-14,18,22H,4-6H2,1-3H3. The maximum atomic E-state index is 11.4. The van der Waals surface area contributed by atoms with Gasteiger partial charge in [-0.3, -0.25) is 4.79 Å². The third-order valence-corrected chi connectivity index (χ3v) is 4.64. The molecule has 5 nitrogen and oxygen atoms in total. The van der Waals surface area contributed by atoms with Gasteiger partial charge in [0.15, 0.2) is 0 Å². The predicted octanol–water partition coefficient (Wildman–Crippen LogP) is 4.32. The second-order valence-electron chi connectivity index (χ2n) is 6.23. The van der Waals surface area contributed by atoms with Crippen LogP contribution in [-0.2, 0) is 9.53 Å². The van der Waals surface area contributed by atoms with E-state index in [2.05, 4.69) is 6.07 Å². The molecule has 0 spiro atoms. The molecule has 1 unspecified atom stereocenters. The molecule has 0 fully saturated rings. The summed E-state index contributed by atoms with van der Waals surface area (Å²) in [5.41, 5.74) is 2.07. The van der Waals surface area contributed by atoms with Gasteiger partial charge in [0.1, 0.15) is 11.5 Å². The number of hydrogen-bond acceptors (Lipinski definition) is 5. The van der Waals surface area contributed by atoms with Crippen LogP contribution in [0, 0.1) is 17.2 Å². The van der Waals surface area contributed by atoms with Gasteiger partial charge in [0.25, 0.3) is 0 Å². The number of carbonyl (C=O) groups excluding carboxylic acids is 1. The monoisotopic (exact) mass is 367 g/mol. The molecule has 2 aromatic rings. The minimum absolute atomic E-state index is 0.107. The Hall–Kier alpha value is -3.00. The Morgan fingerprint density at radius 1 is 0.926 bits per heavy atom. The summed E-state index contributed by atoms with van der Waals surface area (Å²) in [6, 6.07) is 18.0. The molecule has 0 aliphatic carbocycles. The van der Waals surface area contributed by atoms with Gasteiger partial charge in [-0.05, 0) is 48.2 Å². The number of benzene rings is 2. The Morgan fingerprint density at radius 2 is 1.41 bits per heavy atom. The number of ether oxygens (including phenoxy) is 3. The Balaban J connectivity index is 2.31. The van der Waals surface area contributed by atoms with E-state index in [0.717, 1.165) is 22.6 Å². The molecule has 0 saturated heterocycles. The Kier molecular flexibility index (Phi) is 7.69. The second kappa shape index (κ2) is 10.2. The Bertz CT molecular complexity index is 715. The number of carbonyl (C=O) groups is 1. The Morgan fingerprint density at radius 3 is 1.78 bits per heavy atom. The van der Waals surface area contributed by atoms with Crippen LogP contribution in [0.4, 0.5) is 0 Å². The van der Waals surface area contributed by atoms with Crippen LogP contribution in [-0.4, -0.2) is 27.3 Å². The van der Waals surface area contributed by atoms with Gasteiger partial charge in [-0.25, -0.2) is 0 Å². The molecule has 0 amide bonds. The lowest BCUT2D eigenvalue weighted by molar-refractivity contribution is -0.140. The summed E-state index contributed by atoms with van der Waals surface area (Å²) >= 11 is 0. The third-order valence-electron chi connectivity index (χ3n) is 4.64. The molecule has 142 valence electrons. The van der Waals surface area contributed by atoms with Crippen molar-refractivity contribution in [2.24, 2.45) is 5.92 Å². The molecule has 0 heterocycles. The minimum Gasteiger partial charge on any atom is -0.497 e. The maximum absolute atomic E-state index is 11.4. The largest absolute Gasteiger partial charge is 0.497 e. The Labute approximate surface area is 160 Å². The van der Waals surface area contributed by atoms with Crippen molar-refractivity contribution in [2.45, 2.75) is 25.2 Å². The molecule has 0 aliphatic heterocycles. The first-order chi connectivity index (χ1) is 13.1. The number of methoxy groups -OCH3 is 3. The van der Waals surface area contributed by atoms with E-state index in [1.807, 2.05) is 48.5 Å². The highest BCUT2D eigenvalue weighted by Gasteiger charge is 2.25. The van der Waals surface area contributed by atoms with Crippen LogP contribution in [0.1, 0.15) is 36.3 Å². The maximum Gasteiger partial charge on any atom is 0.305 e. The van der Waals surface area contributed by atoms with Crippen LogP contribution in [0.25, 0.3) is 0 Å². The van der Waals surface area contributed by atoms with Gasteiger partial charge < -0.3 is 14.2 Å². The summed E-state index contributed by atoms with van der Waals surface area (Å²) in [5.74, 6) is 0.913. The van der Waals surface area contributed by atoms with Crippen molar-refractivity contribution in [1.82, 2.24) is 0 Å². The highest BCUT2D eigenvalue weighted by atomic mass is 16.5. The highest BCUT2D eigenvalue weighted by Crippen LogP contribution is 2.36. The molecular weight excluding hydrogens is 342 g/mol. The SMILES string of the molecule is COC(=O)CCCC(C#N)C(c1ccc(OC)cc1)c1ccc(OC)cc1. The highest BCUT2D eigenvalue weighted by molar-refractivity contribution is 5.69. The van der Waals surface area contributed by atoms with Gasteiger partial charge in [-0.15, -0.1) is 0 Å². The van der Waals surface area contributed by atoms with Crippen LogP contribution in [0.2, 0.25) is 0 Å². The third kappa shape index (κ3) is 5.49. The molecule has 0 radical (unpaired) electrons. The van der Waals surface area contributed by atoms with E-state index in [9.17, 15) is 10.1 Å². The first kappa shape index (κ1) is 20.3. The van der Waals surface area contributed by atoms with Gasteiger partial charge in [0, 0.05) is 12.3 Å². The quantitative estimate of drug-likeness (QED) is 0.618. The van der Waals surface area contributed by atoms with Gasteiger partial charge in [0.2, 0.25) is 0 Å². The van der Waals surface area contributed by atoms with Crippen LogP contribution in [0.15, 0.2) is 48.5 Å². The minimum atomic E-state index is -0.267. The number of nitrogens with zero attached hydrogens (tertiary/aromatic N) is 1. The van der Waals surface area contributed by atoms with Crippen molar-refractivity contribution in [3.05, 3.63) is 59.7 Å². The number of nitriles is 1. The van der Waals surface area contributed by atoms with Crippen molar-refractivity contribution >= 4 is 5.97 Å². The first-order valence-electron chi connectivity index (χ1n) is 8.87. The van der Waals surface area contributed by atoms with E-state index in [-0.39, 0.29) is 17.8 Å². The molecule has 5 heteroatoms. The van der Waals surface area contributed by atoms with Crippen molar-refractivity contribution in [3.63, 3.8) is 0 Å². The molecule has 0 bridgehead atoms. The van der Waals surface area contributed by atoms with E-state index < -0.39 is 0 Å². The topological polar surface area (TPSA) is 68.6 Å². The van der Waals surface area contributed by atoms with E-state index in [0.29, 0.717) is 19.3 Å². The summed E-state index contributed by atoms with van der Waals surface area (Å²) in [5, 5.41) is 9.83. The summed E-state index contributed by atoms with van der Waals surface area (Å²) < 4.78 is 15.2. The van der Waals surface area contributed by atoms with Gasteiger partial charge in [0.05, 0.1) is 33.3 Å². The molecule has 0 aromatic heterocycles. The van der Waals surface area contributed by atoms with Crippen LogP contribution in [0.3, 0.4) is 0 Å². The molecule has 0 N–H and O–H groups in total. The van der Waals surface area contributed by atoms with Crippen LogP contribution in [0.5, 0.6) is 11.5 Å². The van der Waals surface area contributed by atoms with Crippen LogP contribution >= 0.6 is 0 Å². The fourth-order valence-corrected chi connectivity index (χ4v) is 3.15. The lowest BCUT2D eigenvalue weighted by Crippen LogP contribution is -2.14. The molecule has 1 atom stereocenters. The fourth-order valence-electron chi connectivity index (χ4n) is 3.15. The number of esters is 1. The summed E-state index contributed by atoms with van der Waals surface area (Å²) in [7, 11) is 4.63. The summed E-state index contributed by atoms with van der Waals surface area (Å²) in [6.45, 7) is 0. The molecule has 2 rings (SSSR count). The number of hydrogen-bond donors (Lipinski definition) is 0. The summed E-state index contributed by atoms with van der Waals surface area (Å²) in [6.07, 6.45) is 1.52. The van der Waals surface area contributed by atoms with E-state index in [1.165, 1.54) is 7.11 Å². The predicted molar refractivity (Wildman–Crippen MR) is 103 cm³/mol. The second-order valence-corrected chi connectivity index (χ2v) is 6.23. The first-order valence-corrected chi connectivity index (χ1v) is 8.87. The van der Waals surface area contributed by atoms with Gasteiger partial charge in [-0.1, -0.05) is 24.3 Å². The fraction of sp³-hybridized carbons (Fsp3) is 0.364. The zero-order chi connectivity index (χ0) is 19.6. The van der Waals surface area contributed by atoms with E-state index >= 15 is 0 Å². The molecule has 0 saturated carbocycles. The van der Waals surface area contributed by atoms with Crippen molar-refractivity contribution in [2.75, 3.05) is 21.3 Å². The molecular formula is C22H25NO4. The lowest BCUT2D eigenvalue weighted by Gasteiger charge is -2.23. The zero-order valence-electron chi connectivity index (χ0n) is 16.0. The lowest BCUT2D eigenvalue weighted by atomic mass is 9.79. The molecule has 0 aliphatic rings. The van der Waals surface area contributed by atoms with Gasteiger partial charge >= 0.3 is 5.97 Å². The van der Waals surface area contributed by atoms with Crippen molar-refractivity contribution in [1.29, 1.82) is 5.26 Å². The zero-order valence-corrected chi connectivity index (χ0v) is 16.0. The molecule has 27 heavy (non-hydrogen) atoms. The van der Waals surface area contributed by atoms with Crippen molar-refractivity contribution < 1.29 is 19.0 Å².